The first-order valence-corrected chi connectivity index (χ1v) is 8.74. The molecular weight excluding hydrogens is 304 g/mol. The molecule has 2 amide bonds. The predicted molar refractivity (Wildman–Crippen MR) is 89.5 cm³/mol. The molecule has 24 heavy (non-hydrogen) atoms. The highest BCUT2D eigenvalue weighted by molar-refractivity contribution is 5.75. The Balaban J connectivity index is 1.31. The molecule has 126 valence electrons. The molecule has 2 fully saturated rings. The molecule has 0 bridgehead atoms. The number of hydrogen-bond acceptors (Lipinski definition) is 4. The zero-order valence-corrected chi connectivity index (χ0v) is 13.6. The van der Waals surface area contributed by atoms with Gasteiger partial charge in [-0.25, -0.2) is 4.79 Å². The highest BCUT2D eigenvalue weighted by atomic mass is 16.5. The largest absolute Gasteiger partial charge is 0.339 e. The van der Waals surface area contributed by atoms with E-state index in [1.165, 1.54) is 19.3 Å². The van der Waals surface area contributed by atoms with Crippen LogP contribution >= 0.6 is 0 Å². The first kappa shape index (κ1) is 15.2. The molecule has 0 radical (unpaired) electrons. The predicted octanol–water partition coefficient (Wildman–Crippen LogP) is 3.18. The lowest BCUT2D eigenvalue weighted by Crippen LogP contribution is -2.54. The maximum absolute atomic E-state index is 12.2. The first-order valence-electron chi connectivity index (χ1n) is 8.74. The van der Waals surface area contributed by atoms with Crippen molar-refractivity contribution in [3.63, 3.8) is 0 Å². The van der Waals surface area contributed by atoms with Crippen LogP contribution in [-0.2, 0) is 0 Å². The van der Waals surface area contributed by atoms with Gasteiger partial charge in [0.05, 0.1) is 5.92 Å². The fourth-order valence-corrected chi connectivity index (χ4v) is 3.42. The van der Waals surface area contributed by atoms with Crippen molar-refractivity contribution in [1.82, 2.24) is 20.4 Å². The van der Waals surface area contributed by atoms with Crippen LogP contribution in [0.1, 0.15) is 43.9 Å². The van der Waals surface area contributed by atoms with Crippen molar-refractivity contribution in [3.05, 3.63) is 36.2 Å². The zero-order chi connectivity index (χ0) is 16.4. The average molecular weight is 326 g/mol. The van der Waals surface area contributed by atoms with Crippen LogP contribution in [0.15, 0.2) is 34.9 Å². The number of benzene rings is 1. The molecule has 1 N–H and O–H groups in total. The van der Waals surface area contributed by atoms with Crippen LogP contribution in [0.4, 0.5) is 4.79 Å². The summed E-state index contributed by atoms with van der Waals surface area (Å²) in [5, 5.41) is 7.19. The van der Waals surface area contributed by atoms with Crippen molar-refractivity contribution >= 4 is 6.03 Å². The summed E-state index contributed by atoms with van der Waals surface area (Å²) in [6.07, 6.45) is 5.94. The molecule has 2 aliphatic rings. The summed E-state index contributed by atoms with van der Waals surface area (Å²) in [5.74, 6) is 1.37. The number of urea groups is 1. The van der Waals surface area contributed by atoms with Gasteiger partial charge in [0, 0.05) is 24.7 Å². The maximum atomic E-state index is 12.2. The summed E-state index contributed by atoms with van der Waals surface area (Å²) in [5.41, 5.74) is 0.943. The third kappa shape index (κ3) is 3.13. The van der Waals surface area contributed by atoms with Crippen molar-refractivity contribution in [2.24, 2.45) is 0 Å². The van der Waals surface area contributed by atoms with Gasteiger partial charge >= 0.3 is 6.03 Å². The van der Waals surface area contributed by atoms with Crippen molar-refractivity contribution in [2.75, 3.05) is 13.1 Å². The summed E-state index contributed by atoms with van der Waals surface area (Å²) in [6, 6.07) is 10.2. The molecule has 1 aromatic carbocycles. The second-order valence-electron chi connectivity index (χ2n) is 6.71. The van der Waals surface area contributed by atoms with E-state index < -0.39 is 0 Å². The second kappa shape index (κ2) is 6.63. The highest BCUT2D eigenvalue weighted by Gasteiger charge is 2.36. The average Bonchev–Trinajstić information content (AvgIpc) is 3.05. The Morgan fingerprint density at radius 2 is 1.88 bits per heavy atom. The quantitative estimate of drug-likeness (QED) is 0.940. The fourth-order valence-electron chi connectivity index (χ4n) is 3.42. The van der Waals surface area contributed by atoms with Gasteiger partial charge in [-0.15, -0.1) is 0 Å². The number of nitrogens with zero attached hydrogens (tertiary/aromatic N) is 3. The third-order valence-electron chi connectivity index (χ3n) is 4.92. The summed E-state index contributed by atoms with van der Waals surface area (Å²) in [7, 11) is 0. The van der Waals surface area contributed by atoms with Gasteiger partial charge in [-0.05, 0) is 12.8 Å². The molecule has 0 spiro atoms. The van der Waals surface area contributed by atoms with Crippen LogP contribution in [0.25, 0.3) is 11.4 Å². The van der Waals surface area contributed by atoms with Gasteiger partial charge in [0.25, 0.3) is 0 Å². The van der Waals surface area contributed by atoms with Crippen LogP contribution in [-0.4, -0.2) is 40.2 Å². The van der Waals surface area contributed by atoms with Crippen molar-refractivity contribution in [1.29, 1.82) is 0 Å². The van der Waals surface area contributed by atoms with Gasteiger partial charge in [-0.3, -0.25) is 0 Å². The molecule has 1 saturated heterocycles. The SMILES string of the molecule is O=C(NC1CCCCC1)N1CC(c2nc(-c3ccccc3)no2)C1. The van der Waals surface area contributed by atoms with E-state index in [0.717, 1.165) is 18.4 Å². The molecule has 1 saturated carbocycles. The molecule has 0 atom stereocenters. The van der Waals surface area contributed by atoms with Gasteiger partial charge in [0.15, 0.2) is 0 Å². The molecule has 0 unspecified atom stereocenters. The Hall–Kier alpha value is -2.37. The Labute approximate surface area is 141 Å². The van der Waals surface area contributed by atoms with Crippen molar-refractivity contribution < 1.29 is 9.32 Å². The fraction of sp³-hybridized carbons (Fsp3) is 0.500. The Kier molecular flexibility index (Phi) is 4.19. The number of rotatable bonds is 3. The minimum Gasteiger partial charge on any atom is -0.339 e. The molecule has 2 aromatic rings. The number of carbonyl (C=O) groups excluding carboxylic acids is 1. The Morgan fingerprint density at radius 3 is 2.62 bits per heavy atom. The Bertz CT molecular complexity index is 688. The number of likely N-dealkylation sites (tertiary alicyclic amines) is 1. The minimum absolute atomic E-state index is 0.0425. The van der Waals surface area contributed by atoms with Gasteiger partial charge in [0.2, 0.25) is 11.7 Å². The topological polar surface area (TPSA) is 71.3 Å². The second-order valence-corrected chi connectivity index (χ2v) is 6.71. The number of hydrogen-bond donors (Lipinski definition) is 1. The normalized spacial score (nSPS) is 19.1. The number of amides is 2. The van der Waals surface area contributed by atoms with E-state index in [0.29, 0.717) is 30.8 Å². The van der Waals surface area contributed by atoms with Gasteiger partial charge in [-0.2, -0.15) is 4.98 Å². The van der Waals surface area contributed by atoms with Crippen molar-refractivity contribution in [3.8, 4) is 11.4 Å². The van der Waals surface area contributed by atoms with E-state index in [4.69, 9.17) is 4.52 Å². The summed E-state index contributed by atoms with van der Waals surface area (Å²) >= 11 is 0. The molecule has 4 rings (SSSR count). The number of nitrogens with one attached hydrogen (secondary N) is 1. The summed E-state index contributed by atoms with van der Waals surface area (Å²) < 4.78 is 5.38. The Morgan fingerprint density at radius 1 is 1.12 bits per heavy atom. The smallest absolute Gasteiger partial charge is 0.317 e. The molecular formula is C18H22N4O2. The lowest BCUT2D eigenvalue weighted by atomic mass is 9.95. The summed E-state index contributed by atoms with van der Waals surface area (Å²) in [6.45, 7) is 1.30. The van der Waals surface area contributed by atoms with E-state index in [-0.39, 0.29) is 11.9 Å². The minimum atomic E-state index is 0.0425. The van der Waals surface area contributed by atoms with Crippen LogP contribution in [0, 0.1) is 0 Å². The van der Waals surface area contributed by atoms with E-state index in [2.05, 4.69) is 15.5 Å². The van der Waals surface area contributed by atoms with E-state index in [1.54, 1.807) is 0 Å². The highest BCUT2D eigenvalue weighted by Crippen LogP contribution is 2.28. The van der Waals surface area contributed by atoms with Crippen LogP contribution < -0.4 is 5.32 Å². The molecule has 1 aliphatic heterocycles. The number of aromatic nitrogens is 2. The molecule has 1 aliphatic carbocycles. The standard InChI is InChI=1S/C18H22N4O2/c23-18(19-15-9-5-2-6-10-15)22-11-14(12-22)17-20-16(21-24-17)13-7-3-1-4-8-13/h1,3-4,7-8,14-15H,2,5-6,9-12H2,(H,19,23). The number of carbonyl (C=O) groups is 1. The van der Waals surface area contributed by atoms with Gasteiger partial charge < -0.3 is 14.7 Å². The van der Waals surface area contributed by atoms with E-state index in [9.17, 15) is 4.79 Å². The van der Waals surface area contributed by atoms with E-state index in [1.807, 2.05) is 35.2 Å². The lowest BCUT2D eigenvalue weighted by molar-refractivity contribution is 0.132. The lowest BCUT2D eigenvalue weighted by Gasteiger charge is -2.38. The zero-order valence-electron chi connectivity index (χ0n) is 13.6. The first-order chi connectivity index (χ1) is 11.8. The molecule has 1 aromatic heterocycles. The van der Waals surface area contributed by atoms with Crippen LogP contribution in [0.2, 0.25) is 0 Å². The molecule has 6 heteroatoms. The van der Waals surface area contributed by atoms with Crippen LogP contribution in [0.3, 0.4) is 0 Å². The van der Waals surface area contributed by atoms with E-state index >= 15 is 0 Å². The molecule has 2 heterocycles. The third-order valence-corrected chi connectivity index (χ3v) is 4.92. The van der Waals surface area contributed by atoms with Crippen molar-refractivity contribution in [2.45, 2.75) is 44.1 Å². The monoisotopic (exact) mass is 326 g/mol. The van der Waals surface area contributed by atoms with Crippen LogP contribution in [0.5, 0.6) is 0 Å². The molecule has 6 nitrogen and oxygen atoms in total. The maximum Gasteiger partial charge on any atom is 0.317 e. The van der Waals surface area contributed by atoms with Gasteiger partial charge in [-0.1, -0.05) is 54.8 Å². The van der Waals surface area contributed by atoms with Gasteiger partial charge in [0.1, 0.15) is 0 Å². The summed E-state index contributed by atoms with van der Waals surface area (Å²) in [4.78, 5) is 18.5.